The first-order valence-electron chi connectivity index (χ1n) is 7.08. The van der Waals surface area contributed by atoms with Crippen LogP contribution >= 0.6 is 0 Å². The molecule has 0 aromatic heterocycles. The highest BCUT2D eigenvalue weighted by Crippen LogP contribution is 2.09. The second-order valence-electron chi connectivity index (χ2n) is 5.57. The third-order valence-corrected chi connectivity index (χ3v) is 5.39. The molecule has 1 unspecified atom stereocenters. The molecule has 1 atom stereocenters. The average Bonchev–Trinajstić information content (AvgIpc) is 2.30. The van der Waals surface area contributed by atoms with E-state index in [1.165, 1.54) is 0 Å². The summed E-state index contributed by atoms with van der Waals surface area (Å²) in [6, 6.07) is 0.307. The molecule has 0 amide bonds. The van der Waals surface area contributed by atoms with Crippen LogP contribution in [0, 0.1) is 0 Å². The zero-order valence-corrected chi connectivity index (χ0v) is 14.1. The van der Waals surface area contributed by atoms with Gasteiger partial charge in [-0.15, -0.1) is 0 Å². The Morgan fingerprint density at radius 3 is 2.11 bits per heavy atom. The predicted octanol–water partition coefficient (Wildman–Crippen LogP) is 0.976. The van der Waals surface area contributed by atoms with Gasteiger partial charge in [0.2, 0.25) is 10.0 Å². The standard InChI is InChI=1S/C13H31N3O2S/c1-7-16(10-8-9-15(5)6)19(17,18)13(4)11-14-12(2)3/h12-14H,7-11H2,1-6H3. The highest BCUT2D eigenvalue weighted by atomic mass is 32.2. The zero-order chi connectivity index (χ0) is 15.1. The lowest BCUT2D eigenvalue weighted by Gasteiger charge is -2.25. The fourth-order valence-electron chi connectivity index (χ4n) is 1.79. The van der Waals surface area contributed by atoms with Gasteiger partial charge in [0.15, 0.2) is 0 Å². The van der Waals surface area contributed by atoms with Gasteiger partial charge in [-0.25, -0.2) is 12.7 Å². The normalized spacial score (nSPS) is 14.6. The van der Waals surface area contributed by atoms with Crippen LogP contribution in [0.25, 0.3) is 0 Å². The lowest BCUT2D eigenvalue weighted by atomic mass is 10.3. The van der Waals surface area contributed by atoms with Gasteiger partial charge >= 0.3 is 0 Å². The molecule has 0 saturated heterocycles. The maximum absolute atomic E-state index is 12.4. The molecule has 0 aliphatic heterocycles. The van der Waals surface area contributed by atoms with Crippen LogP contribution in [0.1, 0.15) is 34.1 Å². The predicted molar refractivity (Wildman–Crippen MR) is 81.9 cm³/mol. The van der Waals surface area contributed by atoms with Gasteiger partial charge in [0.1, 0.15) is 0 Å². The Labute approximate surface area is 119 Å². The molecule has 0 aromatic carbocycles. The minimum Gasteiger partial charge on any atom is -0.313 e. The van der Waals surface area contributed by atoms with E-state index in [0.29, 0.717) is 25.7 Å². The van der Waals surface area contributed by atoms with Crippen molar-refractivity contribution in [2.75, 3.05) is 40.3 Å². The van der Waals surface area contributed by atoms with Gasteiger partial charge in [0, 0.05) is 25.7 Å². The van der Waals surface area contributed by atoms with E-state index in [-0.39, 0.29) is 5.25 Å². The van der Waals surface area contributed by atoms with Crippen molar-refractivity contribution in [1.29, 1.82) is 0 Å². The Morgan fingerprint density at radius 1 is 1.11 bits per heavy atom. The second kappa shape index (κ2) is 8.89. The van der Waals surface area contributed by atoms with Gasteiger partial charge < -0.3 is 10.2 Å². The quantitative estimate of drug-likeness (QED) is 0.652. The molecule has 0 spiro atoms. The van der Waals surface area contributed by atoms with Crippen LogP contribution in [0.4, 0.5) is 0 Å². The van der Waals surface area contributed by atoms with E-state index < -0.39 is 10.0 Å². The van der Waals surface area contributed by atoms with Gasteiger partial charge in [0.25, 0.3) is 0 Å². The Morgan fingerprint density at radius 2 is 1.68 bits per heavy atom. The van der Waals surface area contributed by atoms with Crippen LogP contribution in [-0.4, -0.2) is 69.2 Å². The molecule has 0 aromatic rings. The van der Waals surface area contributed by atoms with E-state index in [9.17, 15) is 8.42 Å². The fraction of sp³-hybridized carbons (Fsp3) is 1.00. The second-order valence-corrected chi connectivity index (χ2v) is 7.92. The van der Waals surface area contributed by atoms with Crippen LogP contribution < -0.4 is 5.32 Å². The summed E-state index contributed by atoms with van der Waals surface area (Å²) in [5.41, 5.74) is 0. The van der Waals surface area contributed by atoms with E-state index >= 15 is 0 Å². The molecule has 0 rings (SSSR count). The molecule has 0 aliphatic rings. The topological polar surface area (TPSA) is 52.7 Å². The number of hydrogen-bond acceptors (Lipinski definition) is 4. The Bertz CT molecular complexity index is 329. The molecule has 19 heavy (non-hydrogen) atoms. The third kappa shape index (κ3) is 7.25. The Kier molecular flexibility index (Phi) is 8.81. The van der Waals surface area contributed by atoms with Crippen LogP contribution in [0.3, 0.4) is 0 Å². The van der Waals surface area contributed by atoms with Gasteiger partial charge in [-0.05, 0) is 34.0 Å². The summed E-state index contributed by atoms with van der Waals surface area (Å²) in [7, 11) is 0.807. The minimum absolute atomic E-state index is 0.307. The molecular weight excluding hydrogens is 262 g/mol. The van der Waals surface area contributed by atoms with E-state index in [2.05, 4.69) is 10.2 Å². The molecule has 1 N–H and O–H groups in total. The Balaban J connectivity index is 4.46. The van der Waals surface area contributed by atoms with Crippen LogP contribution in [-0.2, 0) is 10.0 Å². The molecule has 6 heteroatoms. The molecular formula is C13H31N3O2S. The number of nitrogens with zero attached hydrogens (tertiary/aromatic N) is 2. The molecule has 0 heterocycles. The number of nitrogens with one attached hydrogen (secondary N) is 1. The van der Waals surface area contributed by atoms with Gasteiger partial charge in [0.05, 0.1) is 5.25 Å². The number of rotatable bonds is 10. The van der Waals surface area contributed by atoms with Crippen LogP contribution in [0.5, 0.6) is 0 Å². The molecule has 116 valence electrons. The number of sulfonamides is 1. The smallest absolute Gasteiger partial charge is 0.217 e. The van der Waals surface area contributed by atoms with Crippen molar-refractivity contribution in [3.63, 3.8) is 0 Å². The molecule has 0 saturated carbocycles. The van der Waals surface area contributed by atoms with Crippen molar-refractivity contribution in [3.8, 4) is 0 Å². The monoisotopic (exact) mass is 293 g/mol. The average molecular weight is 293 g/mol. The highest BCUT2D eigenvalue weighted by molar-refractivity contribution is 7.89. The summed E-state index contributed by atoms with van der Waals surface area (Å²) in [5, 5.41) is 2.81. The highest BCUT2D eigenvalue weighted by Gasteiger charge is 2.27. The van der Waals surface area contributed by atoms with Crippen molar-refractivity contribution >= 4 is 10.0 Å². The third-order valence-electron chi connectivity index (χ3n) is 3.05. The lowest BCUT2D eigenvalue weighted by molar-refractivity contribution is 0.353. The summed E-state index contributed by atoms with van der Waals surface area (Å²) < 4.78 is 26.4. The van der Waals surface area contributed by atoms with Gasteiger partial charge in [-0.2, -0.15) is 0 Å². The summed E-state index contributed by atoms with van der Waals surface area (Å²) in [6.07, 6.45) is 0.865. The van der Waals surface area contributed by atoms with Gasteiger partial charge in [-0.1, -0.05) is 20.8 Å². The van der Waals surface area contributed by atoms with Crippen molar-refractivity contribution in [1.82, 2.24) is 14.5 Å². The zero-order valence-electron chi connectivity index (χ0n) is 13.3. The minimum atomic E-state index is -3.19. The first-order valence-corrected chi connectivity index (χ1v) is 8.59. The Hall–Kier alpha value is -0.170. The molecule has 0 fully saturated rings. The summed E-state index contributed by atoms with van der Waals surface area (Å²) in [6.45, 7) is 10.3. The van der Waals surface area contributed by atoms with Gasteiger partial charge in [-0.3, -0.25) is 0 Å². The SMILES string of the molecule is CCN(CCCN(C)C)S(=O)(=O)C(C)CNC(C)C. The largest absolute Gasteiger partial charge is 0.313 e. The number of hydrogen-bond donors (Lipinski definition) is 1. The summed E-state index contributed by atoms with van der Waals surface area (Å²) >= 11 is 0. The fourth-order valence-corrected chi connectivity index (χ4v) is 3.35. The molecule has 0 aliphatic carbocycles. The molecule has 0 radical (unpaired) electrons. The molecule has 0 bridgehead atoms. The van der Waals surface area contributed by atoms with E-state index in [1.807, 2.05) is 34.9 Å². The van der Waals surface area contributed by atoms with Crippen molar-refractivity contribution in [2.45, 2.75) is 45.4 Å². The summed E-state index contributed by atoms with van der Waals surface area (Å²) in [4.78, 5) is 2.07. The first-order chi connectivity index (χ1) is 8.71. The maximum Gasteiger partial charge on any atom is 0.217 e. The van der Waals surface area contributed by atoms with Crippen molar-refractivity contribution in [2.24, 2.45) is 0 Å². The maximum atomic E-state index is 12.4. The van der Waals surface area contributed by atoms with Crippen molar-refractivity contribution in [3.05, 3.63) is 0 Å². The molecule has 5 nitrogen and oxygen atoms in total. The van der Waals surface area contributed by atoms with E-state index in [0.717, 1.165) is 13.0 Å². The summed E-state index contributed by atoms with van der Waals surface area (Å²) in [5.74, 6) is 0. The lowest BCUT2D eigenvalue weighted by Crippen LogP contribution is -2.44. The van der Waals surface area contributed by atoms with Crippen LogP contribution in [0.2, 0.25) is 0 Å². The van der Waals surface area contributed by atoms with E-state index in [1.54, 1.807) is 11.2 Å². The first kappa shape index (κ1) is 18.8. The van der Waals surface area contributed by atoms with Crippen LogP contribution in [0.15, 0.2) is 0 Å². The van der Waals surface area contributed by atoms with Crippen molar-refractivity contribution < 1.29 is 8.42 Å². The van der Waals surface area contributed by atoms with E-state index in [4.69, 9.17) is 0 Å².